The second kappa shape index (κ2) is 5.98. The van der Waals surface area contributed by atoms with Crippen LogP contribution < -0.4 is 10.1 Å². The van der Waals surface area contributed by atoms with Crippen molar-refractivity contribution in [3.05, 3.63) is 29.3 Å². The van der Waals surface area contributed by atoms with E-state index in [1.807, 2.05) is 0 Å². The zero-order valence-corrected chi connectivity index (χ0v) is 13.6. The molecule has 1 saturated carbocycles. The van der Waals surface area contributed by atoms with E-state index in [4.69, 9.17) is 4.74 Å². The first kappa shape index (κ1) is 14.9. The summed E-state index contributed by atoms with van der Waals surface area (Å²) in [7, 11) is 1.78. The van der Waals surface area contributed by atoms with Crippen molar-refractivity contribution in [2.45, 2.75) is 57.7 Å². The van der Waals surface area contributed by atoms with Gasteiger partial charge in [0.15, 0.2) is 0 Å². The molecule has 3 heteroatoms. The fourth-order valence-corrected chi connectivity index (χ4v) is 4.06. The lowest BCUT2D eigenvalue weighted by Crippen LogP contribution is -2.62. The quantitative estimate of drug-likeness (QED) is 0.925. The number of ether oxygens (including phenoxy) is 1. The van der Waals surface area contributed by atoms with E-state index < -0.39 is 0 Å². The first-order valence-corrected chi connectivity index (χ1v) is 8.25. The molecule has 116 valence electrons. The summed E-state index contributed by atoms with van der Waals surface area (Å²) in [5.41, 5.74) is 3.02. The maximum absolute atomic E-state index is 5.58. The van der Waals surface area contributed by atoms with Gasteiger partial charge in [-0.1, -0.05) is 30.5 Å². The first-order valence-electron chi connectivity index (χ1n) is 8.25. The summed E-state index contributed by atoms with van der Waals surface area (Å²) in [6.07, 6.45) is 5.41. The zero-order valence-electron chi connectivity index (χ0n) is 13.6. The minimum absolute atomic E-state index is 0.376. The Morgan fingerprint density at radius 1 is 1.33 bits per heavy atom. The zero-order chi connectivity index (χ0) is 14.9. The molecular weight excluding hydrogens is 260 g/mol. The van der Waals surface area contributed by atoms with Crippen molar-refractivity contribution in [3.8, 4) is 5.75 Å². The van der Waals surface area contributed by atoms with Crippen LogP contribution >= 0.6 is 0 Å². The third kappa shape index (κ3) is 2.95. The fourth-order valence-electron chi connectivity index (χ4n) is 4.06. The van der Waals surface area contributed by atoms with Gasteiger partial charge in [-0.3, -0.25) is 4.90 Å². The smallest absolute Gasteiger partial charge is 0.123 e. The van der Waals surface area contributed by atoms with Gasteiger partial charge in [0.2, 0.25) is 0 Å². The van der Waals surface area contributed by atoms with Gasteiger partial charge in [-0.2, -0.15) is 0 Å². The Hall–Kier alpha value is -1.06. The predicted molar refractivity (Wildman–Crippen MR) is 86.8 cm³/mol. The van der Waals surface area contributed by atoms with E-state index in [0.29, 0.717) is 11.6 Å². The largest absolute Gasteiger partial charge is 0.496 e. The number of rotatable bonds is 3. The van der Waals surface area contributed by atoms with Gasteiger partial charge in [0.1, 0.15) is 5.75 Å². The van der Waals surface area contributed by atoms with Crippen LogP contribution in [0.1, 0.15) is 43.7 Å². The topological polar surface area (TPSA) is 24.5 Å². The summed E-state index contributed by atoms with van der Waals surface area (Å²) in [6, 6.07) is 7.10. The Morgan fingerprint density at radius 2 is 2.10 bits per heavy atom. The summed E-state index contributed by atoms with van der Waals surface area (Å²) in [4.78, 5) is 2.72. The third-order valence-electron chi connectivity index (χ3n) is 5.28. The van der Waals surface area contributed by atoms with Crippen LogP contribution in [-0.2, 0) is 6.54 Å². The minimum Gasteiger partial charge on any atom is -0.496 e. The average molecular weight is 288 g/mol. The molecule has 1 unspecified atom stereocenters. The molecule has 1 N–H and O–H groups in total. The van der Waals surface area contributed by atoms with E-state index in [0.717, 1.165) is 25.4 Å². The number of benzene rings is 1. The van der Waals surface area contributed by atoms with Gasteiger partial charge in [0, 0.05) is 36.8 Å². The summed E-state index contributed by atoms with van der Waals surface area (Å²) in [6.45, 7) is 7.74. The molecule has 2 fully saturated rings. The van der Waals surface area contributed by atoms with E-state index in [9.17, 15) is 0 Å². The Kier molecular flexibility index (Phi) is 4.23. The maximum Gasteiger partial charge on any atom is 0.123 e. The molecule has 3 nitrogen and oxygen atoms in total. The molecule has 0 amide bonds. The van der Waals surface area contributed by atoms with Crippen LogP contribution in [0.2, 0.25) is 0 Å². The van der Waals surface area contributed by atoms with Crippen molar-refractivity contribution in [1.82, 2.24) is 10.2 Å². The number of aryl methyl sites for hydroxylation is 1. The molecule has 0 bridgehead atoms. The number of nitrogens with zero attached hydrogens (tertiary/aromatic N) is 1. The molecule has 1 atom stereocenters. The number of hydrogen-bond acceptors (Lipinski definition) is 3. The van der Waals surface area contributed by atoms with Crippen LogP contribution in [0.3, 0.4) is 0 Å². The molecule has 1 aliphatic carbocycles. The van der Waals surface area contributed by atoms with Gasteiger partial charge in [-0.05, 0) is 32.8 Å². The molecule has 0 radical (unpaired) electrons. The lowest BCUT2D eigenvalue weighted by atomic mass is 9.90. The van der Waals surface area contributed by atoms with Gasteiger partial charge in [0.05, 0.1) is 7.11 Å². The van der Waals surface area contributed by atoms with Crippen molar-refractivity contribution in [3.63, 3.8) is 0 Å². The average Bonchev–Trinajstić information content (AvgIpc) is 2.93. The van der Waals surface area contributed by atoms with E-state index in [2.05, 4.69) is 42.3 Å². The van der Waals surface area contributed by atoms with Crippen LogP contribution in [-0.4, -0.2) is 36.7 Å². The fraction of sp³-hybridized carbons (Fsp3) is 0.667. The van der Waals surface area contributed by atoms with Gasteiger partial charge in [-0.15, -0.1) is 0 Å². The van der Waals surface area contributed by atoms with Crippen LogP contribution in [0.15, 0.2) is 18.2 Å². The minimum atomic E-state index is 0.376. The highest BCUT2D eigenvalue weighted by atomic mass is 16.5. The Balaban J connectivity index is 1.85. The van der Waals surface area contributed by atoms with Crippen LogP contribution in [0, 0.1) is 6.92 Å². The molecule has 1 spiro atoms. The SMILES string of the molecule is COc1ccc(C)cc1CN1CC(C)NCC12CCCC2. The van der Waals surface area contributed by atoms with Crippen molar-refractivity contribution < 1.29 is 4.74 Å². The van der Waals surface area contributed by atoms with Crippen molar-refractivity contribution in [2.24, 2.45) is 0 Å². The Bertz CT molecular complexity index is 494. The van der Waals surface area contributed by atoms with Crippen LogP contribution in [0.5, 0.6) is 5.75 Å². The van der Waals surface area contributed by atoms with Gasteiger partial charge in [0.25, 0.3) is 0 Å². The van der Waals surface area contributed by atoms with Crippen LogP contribution in [0.25, 0.3) is 0 Å². The highest BCUT2D eigenvalue weighted by molar-refractivity contribution is 5.37. The van der Waals surface area contributed by atoms with Gasteiger partial charge >= 0.3 is 0 Å². The maximum atomic E-state index is 5.58. The first-order chi connectivity index (χ1) is 10.1. The highest BCUT2D eigenvalue weighted by Crippen LogP contribution is 2.38. The second-order valence-corrected chi connectivity index (χ2v) is 6.91. The van der Waals surface area contributed by atoms with Gasteiger partial charge < -0.3 is 10.1 Å². The second-order valence-electron chi connectivity index (χ2n) is 6.91. The monoisotopic (exact) mass is 288 g/mol. The molecule has 2 aliphatic rings. The molecule has 3 rings (SSSR count). The Labute approximate surface area is 128 Å². The highest BCUT2D eigenvalue weighted by Gasteiger charge is 2.42. The molecule has 0 aromatic heterocycles. The summed E-state index contributed by atoms with van der Waals surface area (Å²) in [5.74, 6) is 1.03. The third-order valence-corrected chi connectivity index (χ3v) is 5.28. The lowest BCUT2D eigenvalue weighted by molar-refractivity contribution is 0.0387. The predicted octanol–water partition coefficient (Wildman–Crippen LogP) is 3.11. The number of methoxy groups -OCH3 is 1. The van der Waals surface area contributed by atoms with Gasteiger partial charge in [-0.25, -0.2) is 0 Å². The van der Waals surface area contributed by atoms with E-state index in [1.54, 1.807) is 7.11 Å². The molecule has 1 aliphatic heterocycles. The van der Waals surface area contributed by atoms with E-state index in [1.165, 1.54) is 36.8 Å². The molecule has 1 aromatic rings. The summed E-state index contributed by atoms with van der Waals surface area (Å²) in [5, 5.41) is 3.70. The van der Waals surface area contributed by atoms with Crippen molar-refractivity contribution >= 4 is 0 Å². The molecule has 21 heavy (non-hydrogen) atoms. The van der Waals surface area contributed by atoms with E-state index >= 15 is 0 Å². The van der Waals surface area contributed by atoms with Crippen LogP contribution in [0.4, 0.5) is 0 Å². The normalized spacial score (nSPS) is 25.4. The summed E-state index contributed by atoms with van der Waals surface area (Å²) >= 11 is 0. The number of hydrogen-bond donors (Lipinski definition) is 1. The molecular formula is C18H28N2O. The van der Waals surface area contributed by atoms with E-state index in [-0.39, 0.29) is 0 Å². The van der Waals surface area contributed by atoms with Crippen molar-refractivity contribution in [1.29, 1.82) is 0 Å². The summed E-state index contributed by atoms with van der Waals surface area (Å²) < 4.78 is 5.58. The standard InChI is InChI=1S/C18H28N2O/c1-14-6-7-17(21-3)16(10-14)12-20-11-15(2)19-13-18(20)8-4-5-9-18/h6-7,10,15,19H,4-5,8-9,11-13H2,1-3H3. The molecule has 1 saturated heterocycles. The molecule has 1 heterocycles. The van der Waals surface area contributed by atoms with Crippen molar-refractivity contribution in [2.75, 3.05) is 20.2 Å². The lowest BCUT2D eigenvalue weighted by Gasteiger charge is -2.48. The molecule has 1 aromatic carbocycles. The number of piperazine rings is 1. The number of nitrogens with one attached hydrogen (secondary N) is 1. The Morgan fingerprint density at radius 3 is 2.81 bits per heavy atom.